The highest BCUT2D eigenvalue weighted by atomic mass is 79.9. The number of benzene rings is 2. The van der Waals surface area contributed by atoms with E-state index in [0.29, 0.717) is 17.4 Å². The predicted molar refractivity (Wildman–Crippen MR) is 93.3 cm³/mol. The van der Waals surface area contributed by atoms with Gasteiger partial charge >= 0.3 is 0 Å². The summed E-state index contributed by atoms with van der Waals surface area (Å²) in [6, 6.07) is 13.8. The molecule has 0 radical (unpaired) electrons. The lowest BCUT2D eigenvalue weighted by molar-refractivity contribution is -0.122. The summed E-state index contributed by atoms with van der Waals surface area (Å²) in [5.74, 6) is 1.64. The second kappa shape index (κ2) is 6.28. The molecule has 2 aromatic carbocycles. The Labute approximate surface area is 147 Å². The van der Waals surface area contributed by atoms with Gasteiger partial charge in [-0.2, -0.15) is 5.10 Å². The number of ether oxygens (including phenoxy) is 2. The van der Waals surface area contributed by atoms with Gasteiger partial charge in [0.15, 0.2) is 11.5 Å². The largest absolute Gasteiger partial charge is 0.454 e. The summed E-state index contributed by atoms with van der Waals surface area (Å²) >= 11 is 3.46. The molecule has 0 aromatic heterocycles. The third kappa shape index (κ3) is 3.01. The minimum Gasteiger partial charge on any atom is -0.454 e. The highest BCUT2D eigenvalue weighted by molar-refractivity contribution is 9.10. The molecule has 6 heteroatoms. The third-order valence-electron chi connectivity index (χ3n) is 4.23. The lowest BCUT2D eigenvalue weighted by atomic mass is 10.1. The fourth-order valence-corrected chi connectivity index (χ4v) is 3.26. The minimum atomic E-state index is -0.0445. The van der Waals surface area contributed by atoms with E-state index in [-0.39, 0.29) is 18.6 Å². The molecule has 1 heterocycles. The Morgan fingerprint density at radius 3 is 2.75 bits per heavy atom. The second-order valence-electron chi connectivity index (χ2n) is 5.82. The Morgan fingerprint density at radius 2 is 1.96 bits per heavy atom. The van der Waals surface area contributed by atoms with Crippen LogP contribution in [0.25, 0.3) is 0 Å². The van der Waals surface area contributed by atoms with Crippen molar-refractivity contribution in [2.45, 2.75) is 12.3 Å². The number of nitrogens with one attached hydrogen (secondary N) is 1. The van der Waals surface area contributed by atoms with Gasteiger partial charge in [0.25, 0.3) is 0 Å². The Kier molecular flexibility index (Phi) is 3.98. The zero-order valence-corrected chi connectivity index (χ0v) is 14.3. The molecule has 1 aliphatic carbocycles. The number of rotatable bonds is 4. The van der Waals surface area contributed by atoms with Crippen LogP contribution >= 0.6 is 15.9 Å². The van der Waals surface area contributed by atoms with Crippen molar-refractivity contribution in [3.05, 3.63) is 58.1 Å². The van der Waals surface area contributed by atoms with Crippen molar-refractivity contribution >= 4 is 28.1 Å². The van der Waals surface area contributed by atoms with E-state index in [4.69, 9.17) is 9.47 Å². The number of hydrogen-bond donors (Lipinski definition) is 1. The molecule has 1 aliphatic heterocycles. The number of nitrogens with zero attached hydrogens (tertiary/aromatic N) is 1. The van der Waals surface area contributed by atoms with Crippen molar-refractivity contribution in [3.63, 3.8) is 0 Å². The minimum absolute atomic E-state index is 0.00439. The first kappa shape index (κ1) is 15.2. The first-order valence-electron chi connectivity index (χ1n) is 7.69. The average molecular weight is 387 g/mol. The van der Waals surface area contributed by atoms with E-state index in [1.807, 2.05) is 30.3 Å². The topological polar surface area (TPSA) is 59.9 Å². The number of hydrazone groups is 1. The van der Waals surface area contributed by atoms with Gasteiger partial charge in [0, 0.05) is 16.0 Å². The number of fused-ring (bicyclic) bond motifs is 1. The maximum atomic E-state index is 12.2. The molecular weight excluding hydrogens is 372 g/mol. The molecule has 2 aromatic rings. The van der Waals surface area contributed by atoms with E-state index < -0.39 is 0 Å². The second-order valence-corrected chi connectivity index (χ2v) is 6.67. The molecule has 1 N–H and O–H groups in total. The van der Waals surface area contributed by atoms with E-state index in [2.05, 4.69) is 38.6 Å². The van der Waals surface area contributed by atoms with Crippen molar-refractivity contribution in [3.8, 4) is 11.5 Å². The predicted octanol–water partition coefficient (Wildman–Crippen LogP) is 3.43. The van der Waals surface area contributed by atoms with Crippen LogP contribution in [0.4, 0.5) is 0 Å². The smallest absolute Gasteiger partial charge is 0.243 e. The third-order valence-corrected chi connectivity index (χ3v) is 4.91. The molecule has 0 unspecified atom stereocenters. The van der Waals surface area contributed by atoms with Gasteiger partial charge in [-0.1, -0.05) is 30.3 Å². The van der Waals surface area contributed by atoms with E-state index in [1.54, 1.807) is 6.21 Å². The van der Waals surface area contributed by atoms with Crippen LogP contribution < -0.4 is 14.9 Å². The maximum absolute atomic E-state index is 12.2. The summed E-state index contributed by atoms with van der Waals surface area (Å²) < 4.78 is 11.5. The summed E-state index contributed by atoms with van der Waals surface area (Å²) in [6.45, 7) is 0.224. The summed E-state index contributed by atoms with van der Waals surface area (Å²) in [5.41, 5.74) is 4.65. The lowest BCUT2D eigenvalue weighted by Crippen LogP contribution is -2.20. The summed E-state index contributed by atoms with van der Waals surface area (Å²) in [4.78, 5) is 12.2. The van der Waals surface area contributed by atoms with Crippen LogP contribution in [-0.4, -0.2) is 18.9 Å². The molecule has 0 spiro atoms. The molecule has 1 fully saturated rings. The fourth-order valence-electron chi connectivity index (χ4n) is 2.83. The first-order valence-corrected chi connectivity index (χ1v) is 8.48. The molecule has 2 aliphatic rings. The number of amides is 1. The molecule has 24 heavy (non-hydrogen) atoms. The average Bonchev–Trinajstić information content (AvgIpc) is 3.28. The van der Waals surface area contributed by atoms with E-state index in [0.717, 1.165) is 16.5 Å². The summed E-state index contributed by atoms with van der Waals surface area (Å²) in [7, 11) is 0. The quantitative estimate of drug-likeness (QED) is 0.646. The maximum Gasteiger partial charge on any atom is 0.243 e. The van der Waals surface area contributed by atoms with Crippen molar-refractivity contribution in [1.82, 2.24) is 5.43 Å². The summed E-state index contributed by atoms with van der Waals surface area (Å²) in [5, 5.41) is 4.07. The molecular formula is C18H15BrN2O3. The SMILES string of the molecule is O=C(N/N=C\c1cc2c(cc1Br)OCO2)[C@H]1C[C@@H]1c1ccccc1. The van der Waals surface area contributed by atoms with Crippen molar-refractivity contribution in [2.75, 3.05) is 6.79 Å². The Morgan fingerprint density at radius 1 is 1.21 bits per heavy atom. The van der Waals surface area contributed by atoms with Gasteiger partial charge < -0.3 is 9.47 Å². The van der Waals surface area contributed by atoms with Gasteiger partial charge in [0.1, 0.15) is 0 Å². The monoisotopic (exact) mass is 386 g/mol. The van der Waals surface area contributed by atoms with Crippen molar-refractivity contribution in [1.29, 1.82) is 0 Å². The van der Waals surface area contributed by atoms with Crippen LogP contribution in [0.2, 0.25) is 0 Å². The Bertz CT molecular complexity index is 807. The number of hydrogen-bond acceptors (Lipinski definition) is 4. The van der Waals surface area contributed by atoms with Crippen molar-refractivity contribution in [2.24, 2.45) is 11.0 Å². The zero-order chi connectivity index (χ0) is 16.5. The van der Waals surface area contributed by atoms with Crippen LogP contribution in [0.1, 0.15) is 23.5 Å². The normalized spacial score (nSPS) is 21.0. The molecule has 4 rings (SSSR count). The molecule has 1 amide bonds. The highest BCUT2D eigenvalue weighted by Gasteiger charge is 2.43. The molecule has 2 atom stereocenters. The van der Waals surface area contributed by atoms with Gasteiger partial charge in [-0.3, -0.25) is 4.79 Å². The summed E-state index contributed by atoms with van der Waals surface area (Å²) in [6.07, 6.45) is 2.48. The van der Waals surface area contributed by atoms with E-state index >= 15 is 0 Å². The van der Waals surface area contributed by atoms with E-state index in [1.165, 1.54) is 5.56 Å². The van der Waals surface area contributed by atoms with Crippen LogP contribution in [0.3, 0.4) is 0 Å². The van der Waals surface area contributed by atoms with Gasteiger partial charge in [-0.15, -0.1) is 0 Å². The molecule has 1 saturated carbocycles. The molecule has 0 saturated heterocycles. The van der Waals surface area contributed by atoms with Crippen LogP contribution in [0.15, 0.2) is 52.0 Å². The fraction of sp³-hybridized carbons (Fsp3) is 0.222. The van der Waals surface area contributed by atoms with Crippen LogP contribution in [0.5, 0.6) is 11.5 Å². The van der Waals surface area contributed by atoms with Gasteiger partial charge in [-0.25, -0.2) is 5.43 Å². The molecule has 122 valence electrons. The van der Waals surface area contributed by atoms with Gasteiger partial charge in [0.05, 0.1) is 6.21 Å². The number of carbonyl (C=O) groups excluding carboxylic acids is 1. The number of carbonyl (C=O) groups is 1. The van der Waals surface area contributed by atoms with Crippen molar-refractivity contribution < 1.29 is 14.3 Å². The standard InChI is InChI=1S/C18H15BrN2O3/c19-15-8-17-16(23-10-24-17)6-12(15)9-20-21-18(22)14-7-13(14)11-4-2-1-3-5-11/h1-6,8-9,13-14H,7,10H2,(H,21,22)/b20-9-/t13-,14+/m1/s1. The first-order chi connectivity index (χ1) is 11.7. The molecule has 0 bridgehead atoms. The van der Waals surface area contributed by atoms with Gasteiger partial charge in [-0.05, 0) is 46.0 Å². The van der Waals surface area contributed by atoms with Crippen LogP contribution in [-0.2, 0) is 4.79 Å². The van der Waals surface area contributed by atoms with Gasteiger partial charge in [0.2, 0.25) is 12.7 Å². The molecule has 5 nitrogen and oxygen atoms in total. The highest BCUT2D eigenvalue weighted by Crippen LogP contribution is 2.47. The zero-order valence-electron chi connectivity index (χ0n) is 12.7. The number of halogens is 1. The Balaban J connectivity index is 1.37. The Hall–Kier alpha value is -2.34. The van der Waals surface area contributed by atoms with E-state index in [9.17, 15) is 4.79 Å². The lowest BCUT2D eigenvalue weighted by Gasteiger charge is -2.02. The van der Waals surface area contributed by atoms with Crippen LogP contribution in [0, 0.1) is 5.92 Å².